The highest BCUT2D eigenvalue weighted by Crippen LogP contribution is 2.58. The van der Waals surface area contributed by atoms with E-state index in [1.165, 1.54) is 55.6 Å². The molecule has 11 aromatic carbocycles. The lowest BCUT2D eigenvalue weighted by molar-refractivity contribution is 0.768. The average molecular weight is 878 g/mol. The lowest BCUT2D eigenvalue weighted by atomic mass is 9.67. The van der Waals surface area contributed by atoms with Crippen molar-refractivity contribution in [3.63, 3.8) is 0 Å². The molecule has 0 spiro atoms. The third-order valence-electron chi connectivity index (χ3n) is 14.0. The van der Waals surface area contributed by atoms with Gasteiger partial charge >= 0.3 is 0 Å². The van der Waals surface area contributed by atoms with Crippen molar-refractivity contribution in [1.82, 2.24) is 15.0 Å². The maximum absolute atomic E-state index is 5.33. The van der Waals surface area contributed by atoms with Crippen LogP contribution in [0.3, 0.4) is 0 Å². The normalized spacial score (nSPS) is 12.5. The summed E-state index contributed by atoms with van der Waals surface area (Å²) >= 11 is 0. The van der Waals surface area contributed by atoms with Crippen molar-refractivity contribution in [3.05, 3.63) is 283 Å². The largest absolute Gasteiger partial charge is 0.208 e. The Bertz CT molecular complexity index is 3840. The minimum Gasteiger partial charge on any atom is -0.208 e. The van der Waals surface area contributed by atoms with Gasteiger partial charge in [-0.1, -0.05) is 243 Å². The molecule has 0 fully saturated rings. The van der Waals surface area contributed by atoms with Crippen molar-refractivity contribution < 1.29 is 0 Å². The molecule has 0 unspecified atom stereocenters. The lowest BCUT2D eigenvalue weighted by Gasteiger charge is -2.34. The Morgan fingerprint density at radius 2 is 0.696 bits per heavy atom. The zero-order valence-corrected chi connectivity index (χ0v) is 37.7. The van der Waals surface area contributed by atoms with Gasteiger partial charge in [-0.05, 0) is 107 Å². The molecule has 1 heterocycles. The minimum atomic E-state index is -0.462. The molecule has 0 N–H and O–H groups in total. The first-order chi connectivity index (χ1) is 34.2. The second-order valence-corrected chi connectivity index (χ2v) is 17.8. The first-order valence-electron chi connectivity index (χ1n) is 23.6. The summed E-state index contributed by atoms with van der Waals surface area (Å²) in [6, 6.07) is 93.7. The molecule has 0 saturated carbocycles. The van der Waals surface area contributed by atoms with Crippen LogP contribution in [-0.4, -0.2) is 15.0 Å². The lowest BCUT2D eigenvalue weighted by Crippen LogP contribution is -2.28. The van der Waals surface area contributed by atoms with Gasteiger partial charge in [0.15, 0.2) is 17.5 Å². The Kier molecular flexibility index (Phi) is 9.73. The zero-order valence-electron chi connectivity index (χ0n) is 37.7. The molecule has 0 amide bonds. The Morgan fingerprint density at radius 1 is 0.246 bits per heavy atom. The first kappa shape index (κ1) is 40.2. The number of rotatable bonds is 8. The molecule has 69 heavy (non-hydrogen) atoms. The molecular weight excluding hydrogens is 835 g/mol. The van der Waals surface area contributed by atoms with Gasteiger partial charge in [0.1, 0.15) is 0 Å². The number of hydrogen-bond donors (Lipinski definition) is 0. The van der Waals surface area contributed by atoms with Gasteiger partial charge < -0.3 is 0 Å². The van der Waals surface area contributed by atoms with Gasteiger partial charge in [0.05, 0.1) is 5.41 Å². The summed E-state index contributed by atoms with van der Waals surface area (Å²) < 4.78 is 0. The van der Waals surface area contributed by atoms with Crippen LogP contribution < -0.4 is 0 Å². The predicted molar refractivity (Wildman–Crippen MR) is 285 cm³/mol. The summed E-state index contributed by atoms with van der Waals surface area (Å²) in [6.45, 7) is 0. The molecule has 0 atom stereocenters. The Balaban J connectivity index is 0.962. The highest BCUT2D eigenvalue weighted by molar-refractivity contribution is 6.04. The van der Waals surface area contributed by atoms with E-state index in [4.69, 9.17) is 15.0 Å². The zero-order chi connectivity index (χ0) is 45.7. The van der Waals surface area contributed by atoms with Crippen LogP contribution in [-0.2, 0) is 5.41 Å². The van der Waals surface area contributed by atoms with Gasteiger partial charge in [-0.15, -0.1) is 0 Å². The molecular formula is C66H43N3. The van der Waals surface area contributed by atoms with Gasteiger partial charge in [0.25, 0.3) is 0 Å². The molecule has 0 aliphatic heterocycles. The Hall–Kier alpha value is -9.05. The fourth-order valence-electron chi connectivity index (χ4n) is 10.9. The fourth-order valence-corrected chi connectivity index (χ4v) is 10.9. The van der Waals surface area contributed by atoms with Crippen molar-refractivity contribution in [2.45, 2.75) is 5.41 Å². The van der Waals surface area contributed by atoms with E-state index in [1.807, 2.05) is 6.07 Å². The summed E-state index contributed by atoms with van der Waals surface area (Å²) in [4.78, 5) is 15.9. The van der Waals surface area contributed by atoms with Gasteiger partial charge in [-0.25, -0.2) is 15.0 Å². The van der Waals surface area contributed by atoms with Gasteiger partial charge in [-0.3, -0.25) is 0 Å². The van der Waals surface area contributed by atoms with Crippen LogP contribution >= 0.6 is 0 Å². The molecule has 3 heteroatoms. The molecule has 0 radical (unpaired) electrons. The van der Waals surface area contributed by atoms with Gasteiger partial charge in [0, 0.05) is 16.7 Å². The van der Waals surface area contributed by atoms with Crippen molar-refractivity contribution in [2.24, 2.45) is 0 Å². The van der Waals surface area contributed by atoms with E-state index in [0.29, 0.717) is 17.5 Å². The maximum atomic E-state index is 5.33. The van der Waals surface area contributed by atoms with E-state index < -0.39 is 5.41 Å². The third-order valence-corrected chi connectivity index (χ3v) is 14.0. The number of fused-ring (bicyclic) bond motifs is 5. The van der Waals surface area contributed by atoms with Gasteiger partial charge in [-0.2, -0.15) is 0 Å². The Labute approximate surface area is 401 Å². The average Bonchev–Trinajstić information content (AvgIpc) is 3.74. The summed E-state index contributed by atoms with van der Waals surface area (Å²) in [5.74, 6) is 1.88. The van der Waals surface area contributed by atoms with E-state index in [-0.39, 0.29) is 0 Å². The number of aromatic nitrogens is 3. The first-order valence-corrected chi connectivity index (χ1v) is 23.6. The number of benzene rings is 11. The summed E-state index contributed by atoms with van der Waals surface area (Å²) in [5, 5.41) is 4.49. The van der Waals surface area contributed by atoms with Crippen LogP contribution in [0, 0.1) is 0 Å². The molecule has 1 aliphatic carbocycles. The van der Waals surface area contributed by atoms with Crippen LogP contribution in [0.1, 0.15) is 22.3 Å². The minimum absolute atomic E-state index is 0.462. The van der Waals surface area contributed by atoms with E-state index in [1.54, 1.807) is 0 Å². The van der Waals surface area contributed by atoms with E-state index in [0.717, 1.165) is 49.4 Å². The van der Waals surface area contributed by atoms with Crippen molar-refractivity contribution in [3.8, 4) is 78.7 Å². The molecule has 12 aromatic rings. The van der Waals surface area contributed by atoms with Crippen LogP contribution in [0.5, 0.6) is 0 Å². The molecule has 1 aromatic heterocycles. The second kappa shape index (κ2) is 16.7. The van der Waals surface area contributed by atoms with Crippen LogP contribution in [0.4, 0.5) is 0 Å². The fraction of sp³-hybridized carbons (Fsp3) is 0.0152. The molecule has 0 bridgehead atoms. The third kappa shape index (κ3) is 6.70. The van der Waals surface area contributed by atoms with Crippen LogP contribution in [0.15, 0.2) is 261 Å². The topological polar surface area (TPSA) is 38.7 Å². The Morgan fingerprint density at radius 3 is 1.36 bits per heavy atom. The molecule has 13 rings (SSSR count). The van der Waals surface area contributed by atoms with Crippen molar-refractivity contribution in [2.75, 3.05) is 0 Å². The summed E-state index contributed by atoms with van der Waals surface area (Å²) in [7, 11) is 0. The summed E-state index contributed by atoms with van der Waals surface area (Å²) in [6.07, 6.45) is 0. The SMILES string of the molecule is c1ccc(-c2ccccc2-c2nc(-c3ccc4cc(-c5cccc6c5-c5ccccc5C6(c5ccccc5)c5ccccc5)ccc4c3)nc(-c3ccc(-c4ccccc4)c4ccccc34)n2)cc1. The molecule has 1 aliphatic rings. The van der Waals surface area contributed by atoms with Crippen LogP contribution in [0.2, 0.25) is 0 Å². The summed E-state index contributed by atoms with van der Waals surface area (Å²) in [5.41, 5.74) is 16.9. The number of nitrogens with zero attached hydrogens (tertiary/aromatic N) is 3. The van der Waals surface area contributed by atoms with Crippen molar-refractivity contribution in [1.29, 1.82) is 0 Å². The molecule has 322 valence electrons. The highest BCUT2D eigenvalue weighted by Gasteiger charge is 2.46. The van der Waals surface area contributed by atoms with Crippen LogP contribution in [0.25, 0.3) is 100 Å². The van der Waals surface area contributed by atoms with E-state index in [9.17, 15) is 0 Å². The number of hydrogen-bond acceptors (Lipinski definition) is 3. The predicted octanol–water partition coefficient (Wildman–Crippen LogP) is 16.5. The molecule has 3 nitrogen and oxygen atoms in total. The standard InChI is InChI=1S/C66H43N3/c1-5-20-44(21-6-1)52-28-13-16-31-57(52)64-67-63(68-65(69-64)58-41-40-53(45-22-7-2-8-23-45)55-29-14-15-30-56(55)58)49-39-37-46-42-48(38-36-47(46)43-49)54-33-19-35-61-62(54)59-32-17-18-34-60(59)66(61,50-24-9-3-10-25-50)51-26-11-4-12-27-51/h1-43H. The quantitative estimate of drug-likeness (QED) is 0.153. The smallest absolute Gasteiger partial charge is 0.164 e. The van der Waals surface area contributed by atoms with Crippen molar-refractivity contribution >= 4 is 21.5 Å². The molecule has 0 saturated heterocycles. The maximum Gasteiger partial charge on any atom is 0.164 e. The van der Waals surface area contributed by atoms with Gasteiger partial charge in [0.2, 0.25) is 0 Å². The van der Waals surface area contributed by atoms with E-state index in [2.05, 4.69) is 255 Å². The highest BCUT2D eigenvalue weighted by atomic mass is 15.0. The monoisotopic (exact) mass is 877 g/mol. The van der Waals surface area contributed by atoms with E-state index >= 15 is 0 Å². The second-order valence-electron chi connectivity index (χ2n) is 17.8.